The first kappa shape index (κ1) is 19.6. The highest BCUT2D eigenvalue weighted by Crippen LogP contribution is 2.33. The van der Waals surface area contributed by atoms with Gasteiger partial charge in [0, 0.05) is 35.2 Å². The first-order chi connectivity index (χ1) is 15.0. The summed E-state index contributed by atoms with van der Waals surface area (Å²) in [7, 11) is 0. The summed E-state index contributed by atoms with van der Waals surface area (Å²) in [5.74, 6) is 1.02. The van der Waals surface area contributed by atoms with Crippen LogP contribution in [0.4, 0.5) is 5.69 Å². The van der Waals surface area contributed by atoms with E-state index in [1.165, 1.54) is 11.1 Å². The van der Waals surface area contributed by atoms with Crippen molar-refractivity contribution < 1.29 is 9.32 Å². The van der Waals surface area contributed by atoms with E-state index in [-0.39, 0.29) is 11.8 Å². The Morgan fingerprint density at radius 1 is 1.00 bits per heavy atom. The molecule has 31 heavy (non-hydrogen) atoms. The molecule has 1 atom stereocenters. The minimum Gasteiger partial charge on any atom is -0.339 e. The summed E-state index contributed by atoms with van der Waals surface area (Å²) in [6.45, 7) is 6.67. The molecule has 1 saturated heterocycles. The first-order valence-corrected chi connectivity index (χ1v) is 11.1. The standard InChI is InChI=1S/C24H22N4O2S/c1-14-4-9-20(10-15(14)2)28-12-19(11-22(28)29)24-26-23(27-30-24)18-7-5-17(6-8-18)21-13-31-16(3)25-21/h4-10,13,19H,11-12H2,1-3H3/t19-/m1/s1. The molecular formula is C24H22N4O2S. The quantitative estimate of drug-likeness (QED) is 0.439. The highest BCUT2D eigenvalue weighted by molar-refractivity contribution is 7.09. The van der Waals surface area contributed by atoms with Crippen LogP contribution in [0.2, 0.25) is 0 Å². The lowest BCUT2D eigenvalue weighted by molar-refractivity contribution is -0.117. The third-order valence-corrected chi connectivity index (χ3v) is 6.55. The van der Waals surface area contributed by atoms with Gasteiger partial charge >= 0.3 is 0 Å². The van der Waals surface area contributed by atoms with Crippen molar-refractivity contribution in [2.75, 3.05) is 11.4 Å². The number of rotatable bonds is 4. The van der Waals surface area contributed by atoms with Crippen LogP contribution in [-0.4, -0.2) is 27.6 Å². The van der Waals surface area contributed by atoms with Crippen LogP contribution >= 0.6 is 11.3 Å². The molecule has 1 aliphatic rings. The van der Waals surface area contributed by atoms with Crippen molar-refractivity contribution in [3.05, 3.63) is 69.9 Å². The van der Waals surface area contributed by atoms with Crippen molar-refractivity contribution in [3.8, 4) is 22.6 Å². The Labute approximate surface area is 184 Å². The molecule has 7 heteroatoms. The Kier molecular flexibility index (Phi) is 4.90. The summed E-state index contributed by atoms with van der Waals surface area (Å²) >= 11 is 1.63. The molecule has 1 aliphatic heterocycles. The predicted molar refractivity (Wildman–Crippen MR) is 121 cm³/mol. The van der Waals surface area contributed by atoms with Crippen molar-refractivity contribution in [2.45, 2.75) is 33.1 Å². The van der Waals surface area contributed by atoms with Crippen molar-refractivity contribution in [2.24, 2.45) is 0 Å². The molecule has 0 bridgehead atoms. The largest absolute Gasteiger partial charge is 0.339 e. The number of aryl methyl sites for hydroxylation is 3. The second kappa shape index (κ2) is 7.74. The van der Waals surface area contributed by atoms with E-state index in [4.69, 9.17) is 4.52 Å². The normalized spacial score (nSPS) is 16.3. The van der Waals surface area contributed by atoms with Gasteiger partial charge in [0.1, 0.15) is 0 Å². The molecule has 6 nitrogen and oxygen atoms in total. The number of hydrogen-bond donors (Lipinski definition) is 0. The van der Waals surface area contributed by atoms with Crippen LogP contribution in [0, 0.1) is 20.8 Å². The van der Waals surface area contributed by atoms with Gasteiger partial charge in [0.15, 0.2) is 0 Å². The van der Waals surface area contributed by atoms with Gasteiger partial charge in [-0.2, -0.15) is 4.98 Å². The fraction of sp³-hybridized carbons (Fsp3) is 0.250. The summed E-state index contributed by atoms with van der Waals surface area (Å²) < 4.78 is 5.55. The summed E-state index contributed by atoms with van der Waals surface area (Å²) in [4.78, 5) is 23.6. The number of nitrogens with zero attached hydrogens (tertiary/aromatic N) is 4. The van der Waals surface area contributed by atoms with Gasteiger partial charge in [-0.05, 0) is 44.0 Å². The smallest absolute Gasteiger partial charge is 0.232 e. The molecule has 1 fully saturated rings. The van der Waals surface area contributed by atoms with Crippen LogP contribution < -0.4 is 4.90 Å². The summed E-state index contributed by atoms with van der Waals surface area (Å²) in [6.07, 6.45) is 0.372. The maximum atomic E-state index is 12.6. The summed E-state index contributed by atoms with van der Waals surface area (Å²) in [6, 6.07) is 14.1. The molecule has 0 saturated carbocycles. The number of anilines is 1. The molecular weight excluding hydrogens is 408 g/mol. The molecule has 0 aliphatic carbocycles. The fourth-order valence-corrected chi connectivity index (χ4v) is 4.44. The lowest BCUT2D eigenvalue weighted by Gasteiger charge is -2.17. The fourth-order valence-electron chi connectivity index (χ4n) is 3.82. The number of aromatic nitrogens is 3. The van der Waals surface area contributed by atoms with Crippen LogP contribution in [0.1, 0.15) is 34.4 Å². The highest BCUT2D eigenvalue weighted by atomic mass is 32.1. The number of amides is 1. The third-order valence-electron chi connectivity index (χ3n) is 5.78. The molecule has 5 rings (SSSR count). The summed E-state index contributed by atoms with van der Waals surface area (Å²) in [5, 5.41) is 7.25. The van der Waals surface area contributed by atoms with Gasteiger partial charge in [-0.1, -0.05) is 35.5 Å². The van der Waals surface area contributed by atoms with Gasteiger partial charge in [0.25, 0.3) is 0 Å². The van der Waals surface area contributed by atoms with Crippen LogP contribution in [0.25, 0.3) is 22.6 Å². The molecule has 2 aromatic carbocycles. The zero-order valence-electron chi connectivity index (χ0n) is 17.6. The lowest BCUT2D eigenvalue weighted by atomic mass is 10.1. The van der Waals surface area contributed by atoms with Crippen molar-refractivity contribution in [3.63, 3.8) is 0 Å². The van der Waals surface area contributed by atoms with Crippen molar-refractivity contribution in [1.82, 2.24) is 15.1 Å². The summed E-state index contributed by atoms with van der Waals surface area (Å²) in [5.41, 5.74) is 6.21. The number of hydrogen-bond acceptors (Lipinski definition) is 6. The number of benzene rings is 2. The molecule has 0 radical (unpaired) electrons. The maximum absolute atomic E-state index is 12.6. The SMILES string of the molecule is Cc1nc(-c2ccc(-c3noc([C@@H]4CC(=O)N(c5ccc(C)c(C)c5)C4)n3)cc2)cs1. The Morgan fingerprint density at radius 3 is 2.48 bits per heavy atom. The molecule has 2 aromatic heterocycles. The first-order valence-electron chi connectivity index (χ1n) is 10.2. The zero-order chi connectivity index (χ0) is 21.5. The van der Waals surface area contributed by atoms with Gasteiger partial charge in [0.2, 0.25) is 17.6 Å². The third kappa shape index (κ3) is 3.77. The molecule has 156 valence electrons. The second-order valence-corrected chi connectivity index (χ2v) is 9.02. The second-order valence-electron chi connectivity index (χ2n) is 7.96. The van der Waals surface area contributed by atoms with E-state index in [1.54, 1.807) is 11.3 Å². The van der Waals surface area contributed by atoms with Crippen LogP contribution in [0.5, 0.6) is 0 Å². The highest BCUT2D eigenvalue weighted by Gasteiger charge is 2.35. The van der Waals surface area contributed by atoms with Gasteiger partial charge < -0.3 is 9.42 Å². The number of thiazole rings is 1. The van der Waals surface area contributed by atoms with Crippen molar-refractivity contribution in [1.29, 1.82) is 0 Å². The Morgan fingerprint density at radius 2 is 1.77 bits per heavy atom. The van der Waals surface area contributed by atoms with Crippen LogP contribution in [0.15, 0.2) is 52.4 Å². The molecule has 0 unspecified atom stereocenters. The topological polar surface area (TPSA) is 72.1 Å². The average Bonchev–Trinajstić information content (AvgIpc) is 3.50. The molecule has 3 heterocycles. The Bertz CT molecular complexity index is 1260. The van der Waals surface area contributed by atoms with E-state index in [0.29, 0.717) is 24.7 Å². The number of carbonyl (C=O) groups is 1. The van der Waals surface area contributed by atoms with E-state index in [1.807, 2.05) is 48.2 Å². The Balaban J connectivity index is 1.33. The van der Waals surface area contributed by atoms with Gasteiger partial charge in [0.05, 0.1) is 16.6 Å². The number of carbonyl (C=O) groups excluding carboxylic acids is 1. The van der Waals surface area contributed by atoms with Crippen molar-refractivity contribution >= 4 is 22.9 Å². The van der Waals surface area contributed by atoms with E-state index >= 15 is 0 Å². The molecule has 4 aromatic rings. The molecule has 0 N–H and O–H groups in total. The van der Waals surface area contributed by atoms with E-state index in [0.717, 1.165) is 27.5 Å². The average molecular weight is 431 g/mol. The van der Waals surface area contributed by atoms with E-state index in [9.17, 15) is 4.79 Å². The Hall–Kier alpha value is -3.32. The van der Waals surface area contributed by atoms with E-state index < -0.39 is 0 Å². The minimum atomic E-state index is -0.104. The van der Waals surface area contributed by atoms with Gasteiger partial charge in [-0.15, -0.1) is 11.3 Å². The maximum Gasteiger partial charge on any atom is 0.232 e. The minimum absolute atomic E-state index is 0.0795. The zero-order valence-corrected chi connectivity index (χ0v) is 18.4. The predicted octanol–water partition coefficient (Wildman–Crippen LogP) is 5.31. The molecule has 1 amide bonds. The van der Waals surface area contributed by atoms with E-state index in [2.05, 4.69) is 40.4 Å². The monoisotopic (exact) mass is 430 g/mol. The van der Waals surface area contributed by atoms with Gasteiger partial charge in [-0.25, -0.2) is 4.98 Å². The molecule has 0 spiro atoms. The van der Waals surface area contributed by atoms with Gasteiger partial charge in [-0.3, -0.25) is 4.79 Å². The van der Waals surface area contributed by atoms with Crippen LogP contribution in [-0.2, 0) is 4.79 Å². The van der Waals surface area contributed by atoms with Crippen LogP contribution in [0.3, 0.4) is 0 Å². The lowest BCUT2D eigenvalue weighted by Crippen LogP contribution is -2.24.